The minimum Gasteiger partial charge on any atom is -0.481 e. The Kier molecular flexibility index (Phi) is 4.02. The Hall–Kier alpha value is -2.07. The van der Waals surface area contributed by atoms with E-state index in [1.807, 2.05) is 13.0 Å². The molecule has 0 aliphatic rings. The van der Waals surface area contributed by atoms with Crippen molar-refractivity contribution < 1.29 is 9.53 Å². The van der Waals surface area contributed by atoms with Crippen LogP contribution in [0.4, 0.5) is 5.69 Å². The van der Waals surface area contributed by atoms with Crippen LogP contribution in [0.1, 0.15) is 15.9 Å². The van der Waals surface area contributed by atoms with E-state index >= 15 is 0 Å². The van der Waals surface area contributed by atoms with Crippen LogP contribution in [0.3, 0.4) is 0 Å². The molecule has 1 aromatic carbocycles. The number of anilines is 1. The number of aromatic nitrogens is 1. The number of nitrogens with zero attached hydrogens (tertiary/aromatic N) is 1. The van der Waals surface area contributed by atoms with Crippen molar-refractivity contribution in [3.05, 3.63) is 52.7 Å². The molecule has 1 amide bonds. The van der Waals surface area contributed by atoms with E-state index in [0.717, 1.165) is 5.56 Å². The molecule has 0 bridgehead atoms. The molecule has 1 aromatic heterocycles. The number of ether oxygens (including phenoxy) is 1. The highest BCUT2D eigenvalue weighted by atomic mass is 35.5. The predicted octanol–water partition coefficient (Wildman–Crippen LogP) is 3.30. The summed E-state index contributed by atoms with van der Waals surface area (Å²) in [6, 6.07) is 8.56. The van der Waals surface area contributed by atoms with Gasteiger partial charge in [0.1, 0.15) is 0 Å². The Morgan fingerprint density at radius 1 is 1.32 bits per heavy atom. The lowest BCUT2D eigenvalue weighted by Gasteiger charge is -2.07. The van der Waals surface area contributed by atoms with Crippen molar-refractivity contribution in [1.29, 1.82) is 0 Å². The second-order valence-electron chi connectivity index (χ2n) is 4.00. The fourth-order valence-corrected chi connectivity index (χ4v) is 1.72. The van der Waals surface area contributed by atoms with Crippen molar-refractivity contribution in [1.82, 2.24) is 4.98 Å². The van der Waals surface area contributed by atoms with Gasteiger partial charge in [-0.3, -0.25) is 4.79 Å². The summed E-state index contributed by atoms with van der Waals surface area (Å²) in [5, 5.41) is 3.39. The molecule has 1 heterocycles. The van der Waals surface area contributed by atoms with Gasteiger partial charge in [-0.15, -0.1) is 0 Å². The molecule has 5 heteroatoms. The van der Waals surface area contributed by atoms with Gasteiger partial charge in [-0.05, 0) is 30.7 Å². The van der Waals surface area contributed by atoms with Gasteiger partial charge in [-0.1, -0.05) is 17.7 Å². The number of methoxy groups -OCH3 is 1. The lowest BCUT2D eigenvalue weighted by molar-refractivity contribution is 0.102. The lowest BCUT2D eigenvalue weighted by atomic mass is 10.2. The number of pyridine rings is 1. The van der Waals surface area contributed by atoms with Gasteiger partial charge in [-0.25, -0.2) is 4.98 Å². The van der Waals surface area contributed by atoms with E-state index in [1.54, 1.807) is 24.3 Å². The van der Waals surface area contributed by atoms with Crippen LogP contribution in [-0.4, -0.2) is 18.0 Å². The van der Waals surface area contributed by atoms with Crippen LogP contribution in [0.15, 0.2) is 36.5 Å². The summed E-state index contributed by atoms with van der Waals surface area (Å²) in [6.45, 7) is 1.90. The average molecular weight is 277 g/mol. The summed E-state index contributed by atoms with van der Waals surface area (Å²) in [5.41, 5.74) is 2.09. The van der Waals surface area contributed by atoms with E-state index < -0.39 is 0 Å². The first-order chi connectivity index (χ1) is 9.10. The number of rotatable bonds is 3. The highest BCUT2D eigenvalue weighted by Crippen LogP contribution is 2.20. The summed E-state index contributed by atoms with van der Waals surface area (Å²) in [5.74, 6) is 0.162. The number of carbonyl (C=O) groups excluding carboxylic acids is 1. The Morgan fingerprint density at radius 2 is 2.11 bits per heavy atom. The van der Waals surface area contributed by atoms with Crippen LogP contribution in [0.25, 0.3) is 0 Å². The summed E-state index contributed by atoms with van der Waals surface area (Å²) < 4.78 is 4.98. The van der Waals surface area contributed by atoms with Gasteiger partial charge in [0, 0.05) is 28.5 Å². The zero-order chi connectivity index (χ0) is 13.8. The Balaban J connectivity index is 2.18. The largest absolute Gasteiger partial charge is 0.481 e. The highest BCUT2D eigenvalue weighted by Gasteiger charge is 2.08. The molecule has 1 N–H and O–H groups in total. The van der Waals surface area contributed by atoms with Gasteiger partial charge in [-0.2, -0.15) is 0 Å². The predicted molar refractivity (Wildman–Crippen MR) is 74.9 cm³/mol. The van der Waals surface area contributed by atoms with Crippen LogP contribution in [0.2, 0.25) is 5.02 Å². The van der Waals surface area contributed by atoms with Crippen molar-refractivity contribution in [2.45, 2.75) is 6.92 Å². The van der Waals surface area contributed by atoms with Crippen molar-refractivity contribution >= 4 is 23.2 Å². The lowest BCUT2D eigenvalue weighted by Crippen LogP contribution is -2.12. The van der Waals surface area contributed by atoms with Gasteiger partial charge in [0.2, 0.25) is 5.88 Å². The smallest absolute Gasteiger partial charge is 0.255 e. The molecule has 0 aliphatic carbocycles. The third-order valence-electron chi connectivity index (χ3n) is 2.64. The van der Waals surface area contributed by atoms with Crippen molar-refractivity contribution in [3.8, 4) is 5.88 Å². The molecule has 0 saturated carbocycles. The standard InChI is InChI=1S/C14H13ClN2O2/c1-9-3-4-11(8-12(9)15)17-14(18)10-5-6-16-13(7-10)19-2/h3-8H,1-2H3,(H,17,18). The SMILES string of the molecule is COc1cc(C(=O)Nc2ccc(C)c(Cl)c2)ccn1. The number of carbonyl (C=O) groups is 1. The number of hydrogen-bond donors (Lipinski definition) is 1. The maximum absolute atomic E-state index is 12.0. The first kappa shape index (κ1) is 13.4. The maximum atomic E-state index is 12.0. The molecule has 2 rings (SSSR count). The number of amides is 1. The van der Waals surface area contributed by atoms with E-state index in [9.17, 15) is 4.79 Å². The van der Waals surface area contributed by atoms with Crippen molar-refractivity contribution in [3.63, 3.8) is 0 Å². The highest BCUT2D eigenvalue weighted by molar-refractivity contribution is 6.31. The van der Waals surface area contributed by atoms with E-state index in [4.69, 9.17) is 16.3 Å². The molecule has 98 valence electrons. The quantitative estimate of drug-likeness (QED) is 0.936. The molecule has 0 radical (unpaired) electrons. The van der Waals surface area contributed by atoms with Gasteiger partial charge < -0.3 is 10.1 Å². The minimum atomic E-state index is -0.236. The van der Waals surface area contributed by atoms with Gasteiger partial charge >= 0.3 is 0 Å². The summed E-state index contributed by atoms with van der Waals surface area (Å²) >= 11 is 6.01. The number of hydrogen-bond acceptors (Lipinski definition) is 3. The third kappa shape index (κ3) is 3.23. The zero-order valence-corrected chi connectivity index (χ0v) is 11.4. The first-order valence-electron chi connectivity index (χ1n) is 5.67. The fourth-order valence-electron chi connectivity index (χ4n) is 1.54. The van der Waals surface area contributed by atoms with Crippen LogP contribution in [0, 0.1) is 6.92 Å². The van der Waals surface area contributed by atoms with Gasteiger partial charge in [0.05, 0.1) is 7.11 Å². The molecule has 0 saturated heterocycles. The van der Waals surface area contributed by atoms with E-state index in [0.29, 0.717) is 22.2 Å². The Morgan fingerprint density at radius 3 is 2.79 bits per heavy atom. The van der Waals surface area contributed by atoms with Crippen LogP contribution in [-0.2, 0) is 0 Å². The molecular formula is C14H13ClN2O2. The second-order valence-corrected chi connectivity index (χ2v) is 4.41. The van der Waals surface area contributed by atoms with Crippen LogP contribution >= 0.6 is 11.6 Å². The molecule has 4 nitrogen and oxygen atoms in total. The fraction of sp³-hybridized carbons (Fsp3) is 0.143. The summed E-state index contributed by atoms with van der Waals surface area (Å²) in [6.07, 6.45) is 1.52. The number of aryl methyl sites for hydroxylation is 1. The summed E-state index contributed by atoms with van der Waals surface area (Å²) in [7, 11) is 1.50. The molecule has 0 spiro atoms. The molecular weight excluding hydrogens is 264 g/mol. The van der Waals surface area contributed by atoms with E-state index in [2.05, 4.69) is 10.3 Å². The van der Waals surface area contributed by atoms with Crippen molar-refractivity contribution in [2.75, 3.05) is 12.4 Å². The zero-order valence-electron chi connectivity index (χ0n) is 10.6. The maximum Gasteiger partial charge on any atom is 0.255 e. The first-order valence-corrected chi connectivity index (χ1v) is 6.05. The normalized spacial score (nSPS) is 10.1. The molecule has 0 unspecified atom stereocenters. The Labute approximate surface area is 116 Å². The summed E-state index contributed by atoms with van der Waals surface area (Å²) in [4.78, 5) is 16.0. The average Bonchev–Trinajstić information content (AvgIpc) is 2.43. The number of benzene rings is 1. The number of halogens is 1. The molecule has 19 heavy (non-hydrogen) atoms. The van der Waals surface area contributed by atoms with E-state index in [-0.39, 0.29) is 5.91 Å². The minimum absolute atomic E-state index is 0.236. The van der Waals surface area contributed by atoms with Gasteiger partial charge in [0.15, 0.2) is 0 Å². The van der Waals surface area contributed by atoms with E-state index in [1.165, 1.54) is 13.3 Å². The molecule has 0 fully saturated rings. The van der Waals surface area contributed by atoms with Crippen molar-refractivity contribution in [2.24, 2.45) is 0 Å². The van der Waals surface area contributed by atoms with Gasteiger partial charge in [0.25, 0.3) is 5.91 Å². The third-order valence-corrected chi connectivity index (χ3v) is 3.04. The topological polar surface area (TPSA) is 51.2 Å². The number of nitrogens with one attached hydrogen (secondary N) is 1. The Bertz CT molecular complexity index is 614. The second kappa shape index (κ2) is 5.71. The molecule has 0 atom stereocenters. The molecule has 0 aliphatic heterocycles. The monoisotopic (exact) mass is 276 g/mol. The van der Waals surface area contributed by atoms with Crippen LogP contribution in [0.5, 0.6) is 5.88 Å². The van der Waals surface area contributed by atoms with Crippen LogP contribution < -0.4 is 10.1 Å². The molecule has 2 aromatic rings.